The van der Waals surface area contributed by atoms with Crippen LogP contribution in [0, 0.1) is 6.92 Å². The third-order valence-corrected chi connectivity index (χ3v) is 4.54. The fraction of sp³-hybridized carbons (Fsp3) is 0.353. The Balaban J connectivity index is 1.57. The second kappa shape index (κ2) is 7.92. The largest absolute Gasteiger partial charge is 0.357 e. The summed E-state index contributed by atoms with van der Waals surface area (Å²) in [6, 6.07) is 10.2. The van der Waals surface area contributed by atoms with E-state index in [9.17, 15) is 0 Å². The van der Waals surface area contributed by atoms with Crippen molar-refractivity contribution in [2.45, 2.75) is 26.8 Å². The molecule has 126 valence electrons. The molecule has 0 amide bonds. The van der Waals surface area contributed by atoms with Crippen LogP contribution >= 0.6 is 11.3 Å². The molecule has 3 aromatic rings. The minimum absolute atomic E-state index is 0.696. The predicted octanol–water partition coefficient (Wildman–Crippen LogP) is 2.40. The molecule has 3 rings (SSSR count). The standard InChI is InChI=1S/C17H22N6S/c1-3-18-17(20-12-14-8-7-13(2)24-14)19-10-9-16-22-21-15-6-4-5-11-23(15)16/h4-8,11H,3,9-10,12H2,1-2H3,(H2,18,19,20). The lowest BCUT2D eigenvalue weighted by Gasteiger charge is -2.10. The predicted molar refractivity (Wildman–Crippen MR) is 98.6 cm³/mol. The molecule has 0 aliphatic carbocycles. The van der Waals surface area contributed by atoms with Crippen molar-refractivity contribution in [3.05, 3.63) is 52.1 Å². The molecule has 0 bridgehead atoms. The average Bonchev–Trinajstić information content (AvgIpc) is 3.19. The molecule has 0 saturated heterocycles. The van der Waals surface area contributed by atoms with Crippen molar-refractivity contribution >= 4 is 22.9 Å². The lowest BCUT2D eigenvalue weighted by atomic mass is 10.4. The first kappa shape index (κ1) is 16.4. The van der Waals surface area contributed by atoms with Crippen molar-refractivity contribution in [3.8, 4) is 0 Å². The van der Waals surface area contributed by atoms with E-state index in [1.807, 2.05) is 28.8 Å². The highest BCUT2D eigenvalue weighted by Crippen LogP contribution is 2.15. The molecule has 3 heterocycles. The molecule has 0 saturated carbocycles. The number of pyridine rings is 1. The molecule has 0 aliphatic heterocycles. The van der Waals surface area contributed by atoms with Gasteiger partial charge < -0.3 is 10.6 Å². The highest BCUT2D eigenvalue weighted by atomic mass is 32.1. The van der Waals surface area contributed by atoms with Crippen molar-refractivity contribution in [1.29, 1.82) is 0 Å². The van der Waals surface area contributed by atoms with Crippen LogP contribution in [0.1, 0.15) is 22.5 Å². The summed E-state index contributed by atoms with van der Waals surface area (Å²) < 4.78 is 2.01. The van der Waals surface area contributed by atoms with Gasteiger partial charge >= 0.3 is 0 Å². The summed E-state index contributed by atoms with van der Waals surface area (Å²) in [4.78, 5) is 7.23. The second-order valence-corrected chi connectivity index (χ2v) is 6.80. The Morgan fingerprint density at radius 1 is 1.21 bits per heavy atom. The van der Waals surface area contributed by atoms with Gasteiger partial charge in [-0.3, -0.25) is 4.40 Å². The van der Waals surface area contributed by atoms with E-state index in [1.165, 1.54) is 9.75 Å². The van der Waals surface area contributed by atoms with Gasteiger partial charge in [0.1, 0.15) is 5.82 Å². The van der Waals surface area contributed by atoms with Gasteiger partial charge in [-0.15, -0.1) is 21.5 Å². The maximum absolute atomic E-state index is 4.64. The molecular weight excluding hydrogens is 320 g/mol. The van der Waals surface area contributed by atoms with Crippen LogP contribution in [0.2, 0.25) is 0 Å². The van der Waals surface area contributed by atoms with E-state index in [-0.39, 0.29) is 0 Å². The Morgan fingerprint density at radius 2 is 2.12 bits per heavy atom. The lowest BCUT2D eigenvalue weighted by molar-refractivity contribution is 0.764. The quantitative estimate of drug-likeness (QED) is 0.533. The van der Waals surface area contributed by atoms with Gasteiger partial charge in [-0.1, -0.05) is 6.07 Å². The lowest BCUT2D eigenvalue weighted by Crippen LogP contribution is -2.38. The van der Waals surface area contributed by atoms with E-state index in [4.69, 9.17) is 0 Å². The molecular formula is C17H22N6S. The first-order chi connectivity index (χ1) is 11.8. The van der Waals surface area contributed by atoms with Gasteiger partial charge in [-0.25, -0.2) is 4.99 Å². The Morgan fingerprint density at radius 3 is 2.92 bits per heavy atom. The normalized spacial score (nSPS) is 11.8. The van der Waals surface area contributed by atoms with Gasteiger partial charge in [0, 0.05) is 35.5 Å². The molecule has 0 fully saturated rings. The summed E-state index contributed by atoms with van der Waals surface area (Å²) in [5.74, 6) is 1.78. The zero-order valence-corrected chi connectivity index (χ0v) is 14.8. The molecule has 6 nitrogen and oxygen atoms in total. The minimum atomic E-state index is 0.696. The van der Waals surface area contributed by atoms with Gasteiger partial charge in [-0.05, 0) is 38.1 Å². The number of hydrogen-bond acceptors (Lipinski definition) is 4. The number of nitrogens with one attached hydrogen (secondary N) is 2. The number of aryl methyl sites for hydroxylation is 1. The first-order valence-electron chi connectivity index (χ1n) is 8.12. The highest BCUT2D eigenvalue weighted by Gasteiger charge is 2.05. The highest BCUT2D eigenvalue weighted by molar-refractivity contribution is 7.11. The van der Waals surface area contributed by atoms with E-state index < -0.39 is 0 Å². The van der Waals surface area contributed by atoms with Crippen molar-refractivity contribution in [3.63, 3.8) is 0 Å². The van der Waals surface area contributed by atoms with E-state index in [0.717, 1.165) is 36.9 Å². The summed E-state index contributed by atoms with van der Waals surface area (Å²) >= 11 is 1.79. The molecule has 0 spiro atoms. The molecule has 0 aromatic carbocycles. The molecule has 24 heavy (non-hydrogen) atoms. The number of aliphatic imine (C=N–C) groups is 1. The molecule has 0 unspecified atom stereocenters. The van der Waals surface area contributed by atoms with Crippen LogP contribution in [0.25, 0.3) is 5.65 Å². The number of fused-ring (bicyclic) bond motifs is 1. The fourth-order valence-corrected chi connectivity index (χ4v) is 3.24. The third kappa shape index (κ3) is 4.11. The molecule has 3 aromatic heterocycles. The molecule has 0 radical (unpaired) electrons. The Hall–Kier alpha value is -2.41. The van der Waals surface area contributed by atoms with Crippen molar-refractivity contribution in [2.75, 3.05) is 13.1 Å². The van der Waals surface area contributed by atoms with E-state index >= 15 is 0 Å². The van der Waals surface area contributed by atoms with Crippen LogP contribution in [-0.2, 0) is 13.0 Å². The van der Waals surface area contributed by atoms with E-state index in [1.54, 1.807) is 11.3 Å². The van der Waals surface area contributed by atoms with Crippen molar-refractivity contribution < 1.29 is 0 Å². The summed E-state index contributed by atoms with van der Waals surface area (Å²) in [7, 11) is 0. The molecule has 7 heteroatoms. The number of thiophene rings is 1. The number of nitrogens with zero attached hydrogens (tertiary/aromatic N) is 4. The maximum atomic E-state index is 4.64. The minimum Gasteiger partial charge on any atom is -0.357 e. The third-order valence-electron chi connectivity index (χ3n) is 3.56. The Labute approximate surface area is 145 Å². The number of aromatic nitrogens is 3. The second-order valence-electron chi connectivity index (χ2n) is 5.43. The summed E-state index contributed by atoms with van der Waals surface area (Å²) in [6.45, 7) is 6.47. The van der Waals surface area contributed by atoms with Crippen molar-refractivity contribution in [1.82, 2.24) is 25.2 Å². The van der Waals surface area contributed by atoms with Gasteiger partial charge in [0.15, 0.2) is 11.6 Å². The zero-order valence-electron chi connectivity index (χ0n) is 14.0. The van der Waals surface area contributed by atoms with Gasteiger partial charge in [0.05, 0.1) is 6.54 Å². The summed E-state index contributed by atoms with van der Waals surface area (Å²) in [6.07, 6.45) is 2.77. The smallest absolute Gasteiger partial charge is 0.191 e. The zero-order chi connectivity index (χ0) is 16.8. The Kier molecular flexibility index (Phi) is 5.43. The Bertz CT molecular complexity index is 819. The van der Waals surface area contributed by atoms with Crippen LogP contribution in [0.3, 0.4) is 0 Å². The van der Waals surface area contributed by atoms with E-state index in [0.29, 0.717) is 6.54 Å². The van der Waals surface area contributed by atoms with Crippen LogP contribution in [0.15, 0.2) is 41.5 Å². The van der Waals surface area contributed by atoms with Gasteiger partial charge in [0.2, 0.25) is 0 Å². The average molecular weight is 342 g/mol. The van der Waals surface area contributed by atoms with Crippen LogP contribution in [0.5, 0.6) is 0 Å². The summed E-state index contributed by atoms with van der Waals surface area (Å²) in [5, 5.41) is 15.1. The first-order valence-corrected chi connectivity index (χ1v) is 8.94. The summed E-state index contributed by atoms with van der Waals surface area (Å²) in [5.41, 5.74) is 0.876. The van der Waals surface area contributed by atoms with Crippen LogP contribution in [0.4, 0.5) is 0 Å². The van der Waals surface area contributed by atoms with Crippen molar-refractivity contribution in [2.24, 2.45) is 4.99 Å². The SMILES string of the molecule is CCNC(=NCc1ccc(C)s1)NCCc1nnc2ccccn12. The van der Waals surface area contributed by atoms with Crippen LogP contribution in [-0.4, -0.2) is 33.6 Å². The number of hydrogen-bond donors (Lipinski definition) is 2. The molecule has 2 N–H and O–H groups in total. The molecule has 0 atom stereocenters. The topological polar surface area (TPSA) is 66.6 Å². The van der Waals surface area contributed by atoms with Gasteiger partial charge in [0.25, 0.3) is 0 Å². The van der Waals surface area contributed by atoms with Crippen LogP contribution < -0.4 is 10.6 Å². The number of rotatable bonds is 6. The maximum Gasteiger partial charge on any atom is 0.191 e. The number of guanidine groups is 1. The van der Waals surface area contributed by atoms with E-state index in [2.05, 4.69) is 51.8 Å². The molecule has 0 aliphatic rings. The fourth-order valence-electron chi connectivity index (χ4n) is 2.42. The van der Waals surface area contributed by atoms with Gasteiger partial charge in [-0.2, -0.15) is 0 Å². The monoisotopic (exact) mass is 342 g/mol.